The normalized spacial score (nSPS) is 11.8. The van der Waals surface area contributed by atoms with Crippen molar-refractivity contribution in [3.63, 3.8) is 0 Å². The van der Waals surface area contributed by atoms with Gasteiger partial charge in [-0.1, -0.05) is 21.1 Å². The molecule has 0 bridgehead atoms. The topological polar surface area (TPSA) is 74.2 Å². The Bertz CT molecular complexity index is 611. The van der Waals surface area contributed by atoms with Crippen LogP contribution in [-0.2, 0) is 10.3 Å². The molecule has 1 aromatic heterocycles. The van der Waals surface area contributed by atoms with Gasteiger partial charge in [-0.2, -0.15) is 4.98 Å². The van der Waals surface area contributed by atoms with E-state index in [1.165, 1.54) is 0 Å². The molecular formula is C12H13Br2N3O2. The Labute approximate surface area is 127 Å². The van der Waals surface area contributed by atoms with Gasteiger partial charge in [0, 0.05) is 16.1 Å². The van der Waals surface area contributed by atoms with Crippen molar-refractivity contribution in [3.05, 3.63) is 26.9 Å². The lowest BCUT2D eigenvalue weighted by Crippen LogP contribution is -2.21. The summed E-state index contributed by atoms with van der Waals surface area (Å²) in [4.78, 5) is 4.34. The highest BCUT2D eigenvalue weighted by molar-refractivity contribution is 9.11. The van der Waals surface area contributed by atoms with Crippen LogP contribution in [0.3, 0.4) is 0 Å². The van der Waals surface area contributed by atoms with Crippen LogP contribution in [0, 0.1) is 0 Å². The molecule has 19 heavy (non-hydrogen) atoms. The third-order valence-corrected chi connectivity index (χ3v) is 3.91. The lowest BCUT2D eigenvalue weighted by Gasteiger charge is -2.17. The fourth-order valence-corrected chi connectivity index (χ4v) is 2.66. The minimum Gasteiger partial charge on any atom is -0.397 e. The first-order chi connectivity index (χ1) is 8.85. The number of hydrogen-bond acceptors (Lipinski definition) is 5. The number of rotatable bonds is 3. The van der Waals surface area contributed by atoms with Crippen LogP contribution in [0.5, 0.6) is 0 Å². The van der Waals surface area contributed by atoms with Gasteiger partial charge in [-0.15, -0.1) is 0 Å². The standard InChI is InChI=1S/C12H13Br2N3O2/c1-12(2,18-3)11-16-10(19-17-11)7-4-6(13)5-8(14)9(7)15/h4-5H,15H2,1-3H3. The van der Waals surface area contributed by atoms with Gasteiger partial charge in [0.25, 0.3) is 5.89 Å². The van der Waals surface area contributed by atoms with Crippen molar-refractivity contribution >= 4 is 37.5 Å². The Balaban J connectivity index is 2.50. The van der Waals surface area contributed by atoms with Gasteiger partial charge in [0.15, 0.2) is 0 Å². The molecule has 0 fully saturated rings. The van der Waals surface area contributed by atoms with E-state index in [0.717, 1.165) is 8.95 Å². The minimum atomic E-state index is -0.611. The first-order valence-electron chi connectivity index (χ1n) is 5.49. The average Bonchev–Trinajstić information content (AvgIpc) is 2.83. The summed E-state index contributed by atoms with van der Waals surface area (Å²) in [6.07, 6.45) is 0. The molecule has 2 rings (SSSR count). The Morgan fingerprint density at radius 3 is 2.63 bits per heavy atom. The molecule has 0 amide bonds. The molecule has 1 heterocycles. The number of aromatic nitrogens is 2. The number of hydrogen-bond donors (Lipinski definition) is 1. The molecule has 0 aliphatic heterocycles. The maximum atomic E-state index is 6.01. The molecule has 0 saturated heterocycles. The quantitative estimate of drug-likeness (QED) is 0.808. The van der Waals surface area contributed by atoms with Gasteiger partial charge < -0.3 is 15.0 Å². The molecule has 0 aliphatic carbocycles. The predicted octanol–water partition coefficient (Wildman–Crippen LogP) is 3.73. The number of nitrogens with two attached hydrogens (primary N) is 1. The lowest BCUT2D eigenvalue weighted by atomic mass is 10.1. The third-order valence-electron chi connectivity index (χ3n) is 2.80. The van der Waals surface area contributed by atoms with E-state index in [9.17, 15) is 0 Å². The SMILES string of the molecule is COC(C)(C)c1noc(-c2cc(Br)cc(Br)c2N)n1. The second-order valence-electron chi connectivity index (χ2n) is 4.49. The molecule has 5 nitrogen and oxygen atoms in total. The van der Waals surface area contributed by atoms with Gasteiger partial charge in [0.2, 0.25) is 5.82 Å². The maximum Gasteiger partial charge on any atom is 0.260 e. The summed E-state index contributed by atoms with van der Waals surface area (Å²) < 4.78 is 12.2. The first-order valence-corrected chi connectivity index (χ1v) is 7.08. The van der Waals surface area contributed by atoms with Crippen molar-refractivity contribution in [1.29, 1.82) is 0 Å². The van der Waals surface area contributed by atoms with E-state index >= 15 is 0 Å². The number of halogens is 2. The van der Waals surface area contributed by atoms with Crippen LogP contribution in [0.4, 0.5) is 5.69 Å². The van der Waals surface area contributed by atoms with E-state index < -0.39 is 5.60 Å². The number of anilines is 1. The molecule has 0 atom stereocenters. The second-order valence-corrected chi connectivity index (χ2v) is 6.26. The van der Waals surface area contributed by atoms with Crippen LogP contribution in [0.25, 0.3) is 11.5 Å². The van der Waals surface area contributed by atoms with Crippen LogP contribution in [-0.4, -0.2) is 17.3 Å². The fourth-order valence-electron chi connectivity index (χ4n) is 1.43. The van der Waals surface area contributed by atoms with Gasteiger partial charge in [-0.25, -0.2) is 0 Å². The molecule has 0 radical (unpaired) electrons. The zero-order valence-corrected chi connectivity index (χ0v) is 13.9. The number of ether oxygens (including phenoxy) is 1. The first kappa shape index (κ1) is 14.5. The molecule has 0 aliphatic rings. The summed E-state index contributed by atoms with van der Waals surface area (Å²) in [6.45, 7) is 3.73. The van der Waals surface area contributed by atoms with Crippen molar-refractivity contribution in [2.75, 3.05) is 12.8 Å². The fraction of sp³-hybridized carbons (Fsp3) is 0.333. The molecule has 2 N–H and O–H groups in total. The Morgan fingerprint density at radius 2 is 2.00 bits per heavy atom. The van der Waals surface area contributed by atoms with Crippen molar-refractivity contribution in [3.8, 4) is 11.5 Å². The molecular weight excluding hydrogens is 378 g/mol. The molecule has 7 heteroatoms. The van der Waals surface area contributed by atoms with E-state index in [-0.39, 0.29) is 0 Å². The van der Waals surface area contributed by atoms with Gasteiger partial charge in [0.05, 0.1) is 11.3 Å². The number of nitrogens with zero attached hydrogens (tertiary/aromatic N) is 2. The van der Waals surface area contributed by atoms with E-state index in [0.29, 0.717) is 23.0 Å². The Morgan fingerprint density at radius 1 is 1.32 bits per heavy atom. The van der Waals surface area contributed by atoms with Crippen molar-refractivity contribution in [1.82, 2.24) is 10.1 Å². The monoisotopic (exact) mass is 389 g/mol. The summed E-state index contributed by atoms with van der Waals surface area (Å²) in [5, 5.41) is 3.94. The number of benzene rings is 1. The molecule has 0 saturated carbocycles. The smallest absolute Gasteiger partial charge is 0.260 e. The molecule has 0 unspecified atom stereocenters. The largest absolute Gasteiger partial charge is 0.397 e. The minimum absolute atomic E-state index is 0.361. The highest BCUT2D eigenvalue weighted by Gasteiger charge is 2.27. The van der Waals surface area contributed by atoms with Crippen LogP contribution in [0.2, 0.25) is 0 Å². The summed E-state index contributed by atoms with van der Waals surface area (Å²) in [5.41, 5.74) is 6.62. The van der Waals surface area contributed by atoms with Crippen LogP contribution < -0.4 is 5.73 Å². The second kappa shape index (κ2) is 5.22. The molecule has 102 valence electrons. The Kier molecular flexibility index (Phi) is 3.98. The van der Waals surface area contributed by atoms with Gasteiger partial charge in [-0.05, 0) is 41.9 Å². The van der Waals surface area contributed by atoms with Crippen molar-refractivity contribution < 1.29 is 9.26 Å². The van der Waals surface area contributed by atoms with Crippen molar-refractivity contribution in [2.24, 2.45) is 0 Å². The highest BCUT2D eigenvalue weighted by Crippen LogP contribution is 2.35. The summed E-state index contributed by atoms with van der Waals surface area (Å²) >= 11 is 6.79. The number of nitrogen functional groups attached to an aromatic ring is 1. The lowest BCUT2D eigenvalue weighted by molar-refractivity contribution is 0.00973. The highest BCUT2D eigenvalue weighted by atomic mass is 79.9. The molecule has 1 aromatic carbocycles. The zero-order valence-electron chi connectivity index (χ0n) is 10.7. The van der Waals surface area contributed by atoms with E-state index in [1.54, 1.807) is 7.11 Å². The van der Waals surface area contributed by atoms with E-state index in [2.05, 4.69) is 42.0 Å². The van der Waals surface area contributed by atoms with Crippen LogP contribution >= 0.6 is 31.9 Å². The number of methoxy groups -OCH3 is 1. The molecule has 2 aromatic rings. The summed E-state index contributed by atoms with van der Waals surface area (Å²) in [6, 6.07) is 3.69. The zero-order chi connectivity index (χ0) is 14.2. The Hall–Kier alpha value is -0.920. The van der Waals surface area contributed by atoms with Crippen LogP contribution in [0.1, 0.15) is 19.7 Å². The maximum absolute atomic E-state index is 6.01. The summed E-state index contributed by atoms with van der Waals surface area (Å²) in [7, 11) is 1.60. The van der Waals surface area contributed by atoms with E-state index in [1.807, 2.05) is 26.0 Å². The van der Waals surface area contributed by atoms with Crippen LogP contribution in [0.15, 0.2) is 25.6 Å². The van der Waals surface area contributed by atoms with E-state index in [4.69, 9.17) is 15.0 Å². The average molecular weight is 391 g/mol. The van der Waals surface area contributed by atoms with Gasteiger partial charge in [0.1, 0.15) is 5.60 Å². The van der Waals surface area contributed by atoms with Gasteiger partial charge >= 0.3 is 0 Å². The molecule has 0 spiro atoms. The predicted molar refractivity (Wildman–Crippen MR) is 79.6 cm³/mol. The van der Waals surface area contributed by atoms with Gasteiger partial charge in [-0.3, -0.25) is 0 Å². The van der Waals surface area contributed by atoms with Crippen molar-refractivity contribution in [2.45, 2.75) is 19.4 Å². The third kappa shape index (κ3) is 2.82. The summed E-state index contributed by atoms with van der Waals surface area (Å²) in [5.74, 6) is 0.833.